The zero-order valence-corrected chi connectivity index (χ0v) is 16.9. The van der Waals surface area contributed by atoms with Crippen LogP contribution in [0.4, 0.5) is 0 Å². The van der Waals surface area contributed by atoms with E-state index in [2.05, 4.69) is 15.2 Å². The van der Waals surface area contributed by atoms with Crippen LogP contribution in [-0.4, -0.2) is 33.4 Å². The molecule has 1 aromatic heterocycles. The molecular formula is C21H21N3O4S. The number of nitrogens with zero attached hydrogens (tertiary/aromatic N) is 2. The van der Waals surface area contributed by atoms with Crippen molar-refractivity contribution in [3.05, 3.63) is 70.4 Å². The summed E-state index contributed by atoms with van der Waals surface area (Å²) in [5.41, 5.74) is 1.77. The molecule has 150 valence electrons. The van der Waals surface area contributed by atoms with E-state index in [9.17, 15) is 9.90 Å². The number of rotatable bonds is 9. The van der Waals surface area contributed by atoms with Crippen LogP contribution in [0, 0.1) is 0 Å². The maximum atomic E-state index is 11.6. The Morgan fingerprint density at radius 1 is 1.14 bits per heavy atom. The molecule has 0 bridgehead atoms. The molecule has 0 fully saturated rings. The lowest BCUT2D eigenvalue weighted by Crippen LogP contribution is -1.98. The minimum absolute atomic E-state index is 0.138. The molecule has 3 rings (SSSR count). The summed E-state index contributed by atoms with van der Waals surface area (Å²) in [6.07, 6.45) is 2.29. The van der Waals surface area contributed by atoms with Gasteiger partial charge in [-0.3, -0.25) is 5.10 Å². The van der Waals surface area contributed by atoms with Crippen molar-refractivity contribution >= 4 is 23.8 Å². The fourth-order valence-corrected chi connectivity index (χ4v) is 3.14. The first-order chi connectivity index (χ1) is 14.1. The number of hydrogen-bond acceptors (Lipinski definition) is 6. The number of carboxylic acids is 1. The lowest BCUT2D eigenvalue weighted by molar-refractivity contribution is -0.131. The molecule has 3 aromatic rings. The van der Waals surface area contributed by atoms with Gasteiger partial charge in [-0.2, -0.15) is 0 Å². The van der Waals surface area contributed by atoms with Gasteiger partial charge in [-0.05, 0) is 53.2 Å². The predicted octanol–water partition coefficient (Wildman–Crippen LogP) is 4.17. The summed E-state index contributed by atoms with van der Waals surface area (Å²) in [6, 6.07) is 14.9. The summed E-state index contributed by atoms with van der Waals surface area (Å²) in [5.74, 6) is 1.19. The maximum absolute atomic E-state index is 11.6. The van der Waals surface area contributed by atoms with Crippen LogP contribution in [0.2, 0.25) is 0 Å². The van der Waals surface area contributed by atoms with Gasteiger partial charge in [0.05, 0.1) is 7.11 Å². The van der Waals surface area contributed by atoms with Crippen molar-refractivity contribution in [3.63, 3.8) is 0 Å². The number of aromatic nitrogens is 3. The van der Waals surface area contributed by atoms with E-state index >= 15 is 0 Å². The molecule has 0 aliphatic rings. The lowest BCUT2D eigenvalue weighted by Gasteiger charge is -2.07. The fourth-order valence-electron chi connectivity index (χ4n) is 2.41. The number of hydrogen-bond donors (Lipinski definition) is 2. The minimum Gasteiger partial charge on any atom is -0.497 e. The van der Waals surface area contributed by atoms with Gasteiger partial charge in [-0.15, -0.1) is 5.10 Å². The molecule has 0 atom stereocenters. The van der Waals surface area contributed by atoms with Crippen LogP contribution in [0.1, 0.15) is 23.9 Å². The normalized spacial score (nSPS) is 11.3. The number of methoxy groups -OCH3 is 1. The molecule has 7 nitrogen and oxygen atoms in total. The summed E-state index contributed by atoms with van der Waals surface area (Å²) in [6.45, 7) is 2.38. The van der Waals surface area contributed by atoms with Crippen molar-refractivity contribution in [3.8, 4) is 11.5 Å². The van der Waals surface area contributed by atoms with E-state index in [4.69, 9.17) is 9.47 Å². The zero-order valence-electron chi connectivity index (χ0n) is 16.1. The Morgan fingerprint density at radius 3 is 2.41 bits per heavy atom. The molecule has 0 spiro atoms. The topological polar surface area (TPSA) is 97.3 Å². The Labute approximate surface area is 172 Å². The molecule has 2 N–H and O–H groups in total. The summed E-state index contributed by atoms with van der Waals surface area (Å²) in [5, 5.41) is 16.7. The second-order valence-corrected chi connectivity index (χ2v) is 7.05. The molecule has 29 heavy (non-hydrogen) atoms. The highest BCUT2D eigenvalue weighted by atomic mass is 32.2. The molecule has 8 heteroatoms. The van der Waals surface area contributed by atoms with Gasteiger partial charge in [0.25, 0.3) is 0 Å². The number of nitrogens with one attached hydrogen (secondary N) is 1. The van der Waals surface area contributed by atoms with Gasteiger partial charge in [0, 0.05) is 6.42 Å². The van der Waals surface area contributed by atoms with Gasteiger partial charge >= 0.3 is 5.97 Å². The SMILES string of the molecule is CCc1nc(S/C(=C\c2ccc(OCc3ccc(OC)cc3)cc2)C(=O)O)n[nH]1. The van der Waals surface area contributed by atoms with E-state index in [1.165, 1.54) is 0 Å². The quantitative estimate of drug-likeness (QED) is 0.403. The van der Waals surface area contributed by atoms with E-state index in [1.54, 1.807) is 13.2 Å². The van der Waals surface area contributed by atoms with Crippen LogP contribution in [-0.2, 0) is 17.8 Å². The number of benzene rings is 2. The summed E-state index contributed by atoms with van der Waals surface area (Å²) >= 11 is 1.01. The first-order valence-electron chi connectivity index (χ1n) is 8.97. The van der Waals surface area contributed by atoms with Crippen LogP contribution >= 0.6 is 11.8 Å². The highest BCUT2D eigenvalue weighted by molar-refractivity contribution is 8.04. The summed E-state index contributed by atoms with van der Waals surface area (Å²) in [4.78, 5) is 15.9. The monoisotopic (exact) mass is 411 g/mol. The number of H-pyrrole nitrogens is 1. The molecule has 0 unspecified atom stereocenters. The fraction of sp³-hybridized carbons (Fsp3) is 0.190. The summed E-state index contributed by atoms with van der Waals surface area (Å²) < 4.78 is 10.9. The maximum Gasteiger partial charge on any atom is 0.342 e. The number of ether oxygens (including phenoxy) is 2. The molecule has 0 amide bonds. The average Bonchev–Trinajstić information content (AvgIpc) is 3.21. The standard InChI is InChI=1S/C21H21N3O4S/c1-3-19-22-21(24-23-19)29-18(20(25)26)12-14-4-10-17(11-5-14)28-13-15-6-8-16(27-2)9-7-15/h4-12H,3,13H2,1-2H3,(H,25,26)(H,22,23,24)/b18-12-. The van der Waals surface area contributed by atoms with E-state index in [0.29, 0.717) is 23.9 Å². The second kappa shape index (κ2) is 9.79. The molecule has 1 heterocycles. The Morgan fingerprint density at radius 2 is 1.83 bits per heavy atom. The number of carbonyl (C=O) groups is 1. The molecule has 2 aromatic carbocycles. The van der Waals surface area contributed by atoms with Gasteiger partial charge < -0.3 is 14.6 Å². The van der Waals surface area contributed by atoms with Crippen LogP contribution in [0.5, 0.6) is 11.5 Å². The van der Waals surface area contributed by atoms with Crippen LogP contribution < -0.4 is 9.47 Å². The number of thioether (sulfide) groups is 1. The van der Waals surface area contributed by atoms with Crippen molar-refractivity contribution in [2.24, 2.45) is 0 Å². The summed E-state index contributed by atoms with van der Waals surface area (Å²) in [7, 11) is 1.63. The third-order valence-electron chi connectivity index (χ3n) is 4.00. The molecular weight excluding hydrogens is 390 g/mol. The van der Waals surface area contributed by atoms with Crippen LogP contribution in [0.3, 0.4) is 0 Å². The first-order valence-corrected chi connectivity index (χ1v) is 9.79. The second-order valence-electron chi connectivity index (χ2n) is 6.04. The number of aromatic amines is 1. The highest BCUT2D eigenvalue weighted by Gasteiger charge is 2.13. The zero-order chi connectivity index (χ0) is 20.6. The molecule has 0 aliphatic heterocycles. The van der Waals surface area contributed by atoms with Crippen molar-refractivity contribution in [1.82, 2.24) is 15.2 Å². The van der Waals surface area contributed by atoms with Crippen molar-refractivity contribution in [1.29, 1.82) is 0 Å². The smallest absolute Gasteiger partial charge is 0.342 e. The Kier molecular flexibility index (Phi) is 6.91. The van der Waals surface area contributed by atoms with Gasteiger partial charge in [0.2, 0.25) is 5.16 Å². The van der Waals surface area contributed by atoms with Gasteiger partial charge in [-0.25, -0.2) is 9.78 Å². The largest absolute Gasteiger partial charge is 0.497 e. The van der Waals surface area contributed by atoms with Crippen LogP contribution in [0.25, 0.3) is 6.08 Å². The van der Waals surface area contributed by atoms with E-state index in [0.717, 1.165) is 34.5 Å². The van der Waals surface area contributed by atoms with Crippen molar-refractivity contribution < 1.29 is 19.4 Å². The average molecular weight is 411 g/mol. The third-order valence-corrected chi connectivity index (χ3v) is 4.88. The Bertz CT molecular complexity index is 982. The molecule has 0 saturated heterocycles. The van der Waals surface area contributed by atoms with Crippen molar-refractivity contribution in [2.75, 3.05) is 7.11 Å². The molecule has 0 aliphatic carbocycles. The molecule has 0 radical (unpaired) electrons. The Balaban J connectivity index is 1.64. The van der Waals surface area contributed by atoms with E-state index in [-0.39, 0.29) is 4.91 Å². The Hall–Kier alpha value is -3.26. The van der Waals surface area contributed by atoms with Gasteiger partial charge in [0.15, 0.2) is 0 Å². The lowest BCUT2D eigenvalue weighted by atomic mass is 10.2. The number of aryl methyl sites for hydroxylation is 1. The number of carboxylic acid groups (broad SMARTS) is 1. The first kappa shape index (κ1) is 20.5. The van der Waals surface area contributed by atoms with E-state index < -0.39 is 5.97 Å². The van der Waals surface area contributed by atoms with E-state index in [1.807, 2.05) is 55.5 Å². The van der Waals surface area contributed by atoms with Gasteiger partial charge in [0.1, 0.15) is 28.8 Å². The molecule has 0 saturated carbocycles. The number of aliphatic carboxylic acids is 1. The predicted molar refractivity (Wildman–Crippen MR) is 111 cm³/mol. The van der Waals surface area contributed by atoms with Crippen LogP contribution in [0.15, 0.2) is 58.6 Å². The van der Waals surface area contributed by atoms with Gasteiger partial charge in [-0.1, -0.05) is 31.2 Å². The minimum atomic E-state index is -1.03. The van der Waals surface area contributed by atoms with Crippen molar-refractivity contribution in [2.45, 2.75) is 25.1 Å². The highest BCUT2D eigenvalue weighted by Crippen LogP contribution is 2.26. The third kappa shape index (κ3) is 5.86.